The van der Waals surface area contributed by atoms with Crippen molar-refractivity contribution in [1.29, 1.82) is 0 Å². The molecular formula is C17H28F3NO. The van der Waals surface area contributed by atoms with Gasteiger partial charge in [0.2, 0.25) is 0 Å². The minimum atomic E-state index is -4.80. The maximum Gasteiger partial charge on any atom is 0.471 e. The summed E-state index contributed by atoms with van der Waals surface area (Å²) in [6.45, 7) is 2.14. The molecule has 1 saturated carbocycles. The Morgan fingerprint density at radius 3 is 2.45 bits per heavy atom. The number of hydrogen-bond acceptors (Lipinski definition) is 1. The Hall–Kier alpha value is -1.00. The number of hydrogen-bond donors (Lipinski definition) is 1. The molecule has 128 valence electrons. The third-order valence-electron chi connectivity index (χ3n) is 4.28. The Kier molecular flexibility index (Phi) is 8.57. The van der Waals surface area contributed by atoms with Crippen LogP contribution in [0.25, 0.3) is 0 Å². The topological polar surface area (TPSA) is 29.1 Å². The van der Waals surface area contributed by atoms with Crippen LogP contribution < -0.4 is 5.32 Å². The second-order valence-corrected chi connectivity index (χ2v) is 6.17. The van der Waals surface area contributed by atoms with E-state index in [4.69, 9.17) is 0 Å². The van der Waals surface area contributed by atoms with Gasteiger partial charge in [-0.2, -0.15) is 13.2 Å². The summed E-state index contributed by atoms with van der Waals surface area (Å²) in [5.41, 5.74) is 0. The van der Waals surface area contributed by atoms with E-state index in [1.807, 2.05) is 6.08 Å². The highest BCUT2D eigenvalue weighted by Gasteiger charge is 2.40. The predicted octanol–water partition coefficient (Wildman–Crippen LogP) is 5.14. The van der Waals surface area contributed by atoms with Crippen LogP contribution >= 0.6 is 0 Å². The molecule has 0 heterocycles. The molecule has 0 aromatic heterocycles. The first kappa shape index (κ1) is 19.0. The molecule has 1 aliphatic rings. The normalized spacial score (nSPS) is 18.5. The smallest absolute Gasteiger partial charge is 0.342 e. The molecule has 1 N–H and O–H groups in total. The highest BCUT2D eigenvalue weighted by Crippen LogP contribution is 2.28. The molecule has 22 heavy (non-hydrogen) atoms. The maximum atomic E-state index is 12.5. The van der Waals surface area contributed by atoms with Crippen molar-refractivity contribution in [2.75, 3.05) is 0 Å². The van der Waals surface area contributed by atoms with Gasteiger partial charge in [-0.15, -0.1) is 0 Å². The molecule has 5 heteroatoms. The molecule has 0 aromatic rings. The van der Waals surface area contributed by atoms with E-state index >= 15 is 0 Å². The van der Waals surface area contributed by atoms with E-state index in [0.29, 0.717) is 0 Å². The van der Waals surface area contributed by atoms with Crippen molar-refractivity contribution < 1.29 is 18.0 Å². The van der Waals surface area contributed by atoms with Gasteiger partial charge in [0.25, 0.3) is 0 Å². The van der Waals surface area contributed by atoms with Crippen molar-refractivity contribution in [2.45, 2.75) is 83.4 Å². The lowest BCUT2D eigenvalue weighted by atomic mass is 9.83. The average Bonchev–Trinajstić information content (AvgIpc) is 2.49. The lowest BCUT2D eigenvalue weighted by molar-refractivity contribution is -0.174. The van der Waals surface area contributed by atoms with E-state index in [-0.39, 0.29) is 5.92 Å². The van der Waals surface area contributed by atoms with Gasteiger partial charge in [-0.1, -0.05) is 57.6 Å². The fraction of sp³-hybridized carbons (Fsp3) is 0.824. The number of alkyl halides is 3. The lowest BCUT2D eigenvalue weighted by Crippen LogP contribution is -2.46. The largest absolute Gasteiger partial charge is 0.471 e. The van der Waals surface area contributed by atoms with Crippen LogP contribution in [-0.2, 0) is 4.79 Å². The van der Waals surface area contributed by atoms with Gasteiger partial charge in [-0.05, 0) is 31.6 Å². The molecule has 1 aliphatic carbocycles. The van der Waals surface area contributed by atoms with Crippen LogP contribution in [-0.4, -0.2) is 18.1 Å². The zero-order valence-electron chi connectivity index (χ0n) is 13.4. The van der Waals surface area contributed by atoms with Crippen molar-refractivity contribution in [3.63, 3.8) is 0 Å². The summed E-state index contributed by atoms with van der Waals surface area (Å²) in [6.07, 6.45) is 9.31. The molecule has 2 nitrogen and oxygen atoms in total. The second-order valence-electron chi connectivity index (χ2n) is 6.17. The number of unbranched alkanes of at least 4 members (excludes halogenated alkanes) is 4. The Balaban J connectivity index is 2.53. The minimum absolute atomic E-state index is 0.131. The van der Waals surface area contributed by atoms with Crippen LogP contribution in [0.15, 0.2) is 12.2 Å². The number of amides is 1. The van der Waals surface area contributed by atoms with Gasteiger partial charge in [0.15, 0.2) is 0 Å². The van der Waals surface area contributed by atoms with Gasteiger partial charge >= 0.3 is 12.1 Å². The van der Waals surface area contributed by atoms with Crippen molar-refractivity contribution in [1.82, 2.24) is 5.32 Å². The highest BCUT2D eigenvalue weighted by atomic mass is 19.4. The zero-order chi connectivity index (χ0) is 16.4. The van der Waals surface area contributed by atoms with Crippen LogP contribution in [0.1, 0.15) is 71.1 Å². The third kappa shape index (κ3) is 7.32. The number of carbonyl (C=O) groups is 1. The van der Waals surface area contributed by atoms with Gasteiger partial charge in [0.05, 0.1) is 6.04 Å². The zero-order valence-corrected chi connectivity index (χ0v) is 13.4. The first-order valence-corrected chi connectivity index (χ1v) is 8.49. The summed E-state index contributed by atoms with van der Waals surface area (Å²) in [7, 11) is 0. The molecule has 0 aromatic carbocycles. The Morgan fingerprint density at radius 1 is 1.18 bits per heavy atom. The summed E-state index contributed by atoms with van der Waals surface area (Å²) in [5.74, 6) is -1.69. The van der Waals surface area contributed by atoms with Gasteiger partial charge < -0.3 is 5.32 Å². The minimum Gasteiger partial charge on any atom is -0.342 e. The van der Waals surface area contributed by atoms with Crippen LogP contribution in [0.5, 0.6) is 0 Å². The van der Waals surface area contributed by atoms with Crippen LogP contribution in [0.2, 0.25) is 0 Å². The summed E-state index contributed by atoms with van der Waals surface area (Å²) >= 11 is 0. The lowest BCUT2D eigenvalue weighted by Gasteiger charge is -2.29. The molecule has 1 unspecified atom stereocenters. The van der Waals surface area contributed by atoms with E-state index in [0.717, 1.165) is 57.8 Å². The Morgan fingerprint density at radius 2 is 1.86 bits per heavy atom. The van der Waals surface area contributed by atoms with Crippen LogP contribution in [0, 0.1) is 5.92 Å². The molecule has 0 saturated heterocycles. The summed E-state index contributed by atoms with van der Waals surface area (Å²) in [5, 5.41) is 2.18. The number of rotatable bonds is 8. The molecule has 1 atom stereocenters. The van der Waals surface area contributed by atoms with E-state index in [1.165, 1.54) is 6.42 Å². The highest BCUT2D eigenvalue weighted by molar-refractivity contribution is 5.82. The molecular weight excluding hydrogens is 291 g/mol. The van der Waals surface area contributed by atoms with E-state index in [2.05, 4.69) is 12.2 Å². The summed E-state index contributed by atoms with van der Waals surface area (Å²) in [6, 6.07) is -0.486. The first-order chi connectivity index (χ1) is 10.4. The van der Waals surface area contributed by atoms with E-state index in [1.54, 1.807) is 6.08 Å². The molecule has 1 amide bonds. The van der Waals surface area contributed by atoms with Gasteiger partial charge in [-0.3, -0.25) is 4.79 Å². The Bertz CT molecular complexity index is 346. The van der Waals surface area contributed by atoms with Gasteiger partial charge in [0, 0.05) is 0 Å². The molecule has 0 bridgehead atoms. The number of allylic oxidation sites excluding steroid dienone is 1. The summed E-state index contributed by atoms with van der Waals surface area (Å²) in [4.78, 5) is 11.2. The summed E-state index contributed by atoms with van der Waals surface area (Å²) < 4.78 is 37.4. The quantitative estimate of drug-likeness (QED) is 0.487. The van der Waals surface area contributed by atoms with Crippen LogP contribution in [0.3, 0.4) is 0 Å². The third-order valence-corrected chi connectivity index (χ3v) is 4.28. The van der Waals surface area contributed by atoms with E-state index < -0.39 is 18.1 Å². The number of halogens is 3. The fourth-order valence-electron chi connectivity index (χ4n) is 2.98. The van der Waals surface area contributed by atoms with Crippen molar-refractivity contribution in [3.05, 3.63) is 12.2 Å². The van der Waals surface area contributed by atoms with Gasteiger partial charge in [-0.25, -0.2) is 0 Å². The molecule has 0 aliphatic heterocycles. The monoisotopic (exact) mass is 319 g/mol. The SMILES string of the molecule is CCCCCC/C=C/C(NC(=O)C(F)(F)F)C1CCCCC1. The molecule has 1 fully saturated rings. The first-order valence-electron chi connectivity index (χ1n) is 8.49. The maximum absolute atomic E-state index is 12.5. The standard InChI is InChI=1S/C17H28F3NO/c1-2-3-4-5-6-10-13-15(14-11-8-7-9-12-14)21-16(22)17(18,19)20/h10,13-15H,2-9,11-12H2,1H3,(H,21,22)/b13-10+. The number of nitrogens with one attached hydrogen (secondary N) is 1. The van der Waals surface area contributed by atoms with Gasteiger partial charge in [0.1, 0.15) is 0 Å². The van der Waals surface area contributed by atoms with Crippen molar-refractivity contribution >= 4 is 5.91 Å². The average molecular weight is 319 g/mol. The molecule has 0 spiro atoms. The van der Waals surface area contributed by atoms with Crippen molar-refractivity contribution in [3.8, 4) is 0 Å². The van der Waals surface area contributed by atoms with E-state index in [9.17, 15) is 18.0 Å². The predicted molar refractivity (Wildman–Crippen MR) is 82.5 cm³/mol. The second kappa shape index (κ2) is 9.90. The fourth-order valence-corrected chi connectivity index (χ4v) is 2.98. The number of carbonyl (C=O) groups excluding carboxylic acids is 1. The van der Waals surface area contributed by atoms with Crippen LogP contribution in [0.4, 0.5) is 13.2 Å². The molecule has 1 rings (SSSR count). The molecule has 0 radical (unpaired) electrons. The Labute approximate surface area is 131 Å². The van der Waals surface area contributed by atoms with Crippen molar-refractivity contribution in [2.24, 2.45) is 5.92 Å².